The number of halogens is 2. The second-order valence-electron chi connectivity index (χ2n) is 7.85. The van der Waals surface area contributed by atoms with Crippen LogP contribution in [0.15, 0.2) is 36.5 Å². The Bertz CT molecular complexity index is 875. The van der Waals surface area contributed by atoms with Crippen LogP contribution in [-0.4, -0.2) is 21.7 Å². The van der Waals surface area contributed by atoms with E-state index < -0.39 is 11.4 Å². The second kappa shape index (κ2) is 10.4. The molecule has 0 aliphatic heterocycles. The predicted molar refractivity (Wildman–Crippen MR) is 114 cm³/mol. The number of aromatic nitrogens is 1. The standard InChI is InChI=1S/C23H27ClFNO3/c1-23(2,3)29-21(28)10-8-6-4-5-7-9-16-13-20(25)22(26-15-16)18-12-11-17(27)14-19(18)24/h7,9,11-15,27H,4-6,8,10H2,1-3H3. The summed E-state index contributed by atoms with van der Waals surface area (Å²) in [5.74, 6) is -0.620. The van der Waals surface area contributed by atoms with Gasteiger partial charge in [0.25, 0.3) is 0 Å². The van der Waals surface area contributed by atoms with Crippen LogP contribution in [0.2, 0.25) is 5.02 Å². The van der Waals surface area contributed by atoms with E-state index in [1.54, 1.807) is 6.20 Å². The quantitative estimate of drug-likeness (QED) is 0.389. The first-order valence-electron chi connectivity index (χ1n) is 9.68. The maximum absolute atomic E-state index is 14.4. The lowest BCUT2D eigenvalue weighted by Crippen LogP contribution is -2.23. The maximum Gasteiger partial charge on any atom is 0.306 e. The summed E-state index contributed by atoms with van der Waals surface area (Å²) in [7, 11) is 0. The minimum absolute atomic E-state index is 0.0183. The summed E-state index contributed by atoms with van der Waals surface area (Å²) >= 11 is 6.06. The molecule has 6 heteroatoms. The Morgan fingerprint density at radius 1 is 1.24 bits per heavy atom. The van der Waals surface area contributed by atoms with Crippen LogP contribution in [0.4, 0.5) is 4.39 Å². The second-order valence-corrected chi connectivity index (χ2v) is 8.26. The number of unbranched alkanes of at least 4 members (excludes halogenated alkanes) is 3. The van der Waals surface area contributed by atoms with Gasteiger partial charge in [-0.1, -0.05) is 30.2 Å². The molecule has 4 nitrogen and oxygen atoms in total. The monoisotopic (exact) mass is 419 g/mol. The molecule has 1 aromatic carbocycles. The molecule has 0 spiro atoms. The van der Waals surface area contributed by atoms with E-state index in [-0.39, 0.29) is 22.4 Å². The molecule has 0 bridgehead atoms. The molecule has 2 aromatic rings. The van der Waals surface area contributed by atoms with E-state index in [0.29, 0.717) is 17.5 Å². The Morgan fingerprint density at radius 2 is 2.00 bits per heavy atom. The molecular weight excluding hydrogens is 393 g/mol. The van der Waals surface area contributed by atoms with E-state index >= 15 is 0 Å². The summed E-state index contributed by atoms with van der Waals surface area (Å²) in [6.45, 7) is 5.58. The van der Waals surface area contributed by atoms with Crippen LogP contribution in [0.3, 0.4) is 0 Å². The summed E-state index contributed by atoms with van der Waals surface area (Å²) < 4.78 is 19.7. The van der Waals surface area contributed by atoms with E-state index in [0.717, 1.165) is 25.7 Å². The van der Waals surface area contributed by atoms with E-state index in [2.05, 4.69) is 4.98 Å². The summed E-state index contributed by atoms with van der Waals surface area (Å²) in [4.78, 5) is 15.8. The third-order valence-electron chi connectivity index (χ3n) is 4.05. The van der Waals surface area contributed by atoms with Crippen molar-refractivity contribution in [3.8, 4) is 17.0 Å². The van der Waals surface area contributed by atoms with Crippen molar-refractivity contribution in [3.63, 3.8) is 0 Å². The van der Waals surface area contributed by atoms with Crippen molar-refractivity contribution in [2.75, 3.05) is 0 Å². The Labute approximate surface area is 176 Å². The molecule has 1 aromatic heterocycles. The van der Waals surface area contributed by atoms with E-state index in [1.807, 2.05) is 32.9 Å². The van der Waals surface area contributed by atoms with Gasteiger partial charge < -0.3 is 9.84 Å². The summed E-state index contributed by atoms with van der Waals surface area (Å²) in [5, 5.41) is 9.66. The zero-order valence-electron chi connectivity index (χ0n) is 17.0. The summed E-state index contributed by atoms with van der Waals surface area (Å²) in [5.41, 5.74) is 0.804. The largest absolute Gasteiger partial charge is 0.508 e. The van der Waals surface area contributed by atoms with Crippen molar-refractivity contribution in [3.05, 3.63) is 52.9 Å². The number of esters is 1. The van der Waals surface area contributed by atoms with E-state index in [1.165, 1.54) is 24.3 Å². The number of allylic oxidation sites excluding steroid dienone is 1. The number of nitrogens with zero attached hydrogens (tertiary/aromatic N) is 1. The fourth-order valence-corrected chi connectivity index (χ4v) is 3.02. The molecule has 0 saturated heterocycles. The lowest BCUT2D eigenvalue weighted by Gasteiger charge is -2.19. The minimum Gasteiger partial charge on any atom is -0.508 e. The first-order chi connectivity index (χ1) is 13.7. The van der Waals surface area contributed by atoms with Crippen LogP contribution in [0.25, 0.3) is 17.3 Å². The molecule has 0 saturated carbocycles. The van der Waals surface area contributed by atoms with Crippen LogP contribution in [0, 0.1) is 5.82 Å². The molecule has 1 N–H and O–H groups in total. The van der Waals surface area contributed by atoms with Gasteiger partial charge in [0.05, 0.1) is 5.02 Å². The fraction of sp³-hybridized carbons (Fsp3) is 0.391. The molecule has 0 aliphatic carbocycles. The molecular formula is C23H27ClFNO3. The SMILES string of the molecule is CC(C)(C)OC(=O)CCCCCC=Cc1cnc(-c2ccc(O)cc2Cl)c(F)c1. The number of rotatable bonds is 8. The number of pyridine rings is 1. The number of carbonyl (C=O) groups excluding carboxylic acids is 1. The Hall–Kier alpha value is -2.40. The highest BCUT2D eigenvalue weighted by molar-refractivity contribution is 6.33. The molecule has 2 rings (SSSR count). The average Bonchev–Trinajstić information content (AvgIpc) is 2.60. The Morgan fingerprint density at radius 3 is 2.66 bits per heavy atom. The van der Waals surface area contributed by atoms with Crippen LogP contribution in [0.1, 0.15) is 58.4 Å². The molecule has 156 valence electrons. The molecule has 0 amide bonds. The van der Waals surface area contributed by atoms with Gasteiger partial charge in [0.2, 0.25) is 0 Å². The highest BCUT2D eigenvalue weighted by Gasteiger charge is 2.15. The van der Waals surface area contributed by atoms with Gasteiger partial charge in [-0.25, -0.2) is 4.39 Å². The van der Waals surface area contributed by atoms with Gasteiger partial charge in [0.1, 0.15) is 22.9 Å². The number of aromatic hydroxyl groups is 1. The minimum atomic E-state index is -0.475. The number of hydrogen-bond donors (Lipinski definition) is 1. The molecule has 1 heterocycles. The number of benzene rings is 1. The molecule has 0 atom stereocenters. The van der Waals surface area contributed by atoms with Gasteiger partial charge in [-0.3, -0.25) is 9.78 Å². The number of phenolic OH excluding ortho intramolecular Hbond substituents is 1. The van der Waals surface area contributed by atoms with Crippen LogP contribution >= 0.6 is 11.6 Å². The highest BCUT2D eigenvalue weighted by Crippen LogP contribution is 2.31. The first-order valence-corrected chi connectivity index (χ1v) is 10.1. The van der Waals surface area contributed by atoms with Gasteiger partial charge >= 0.3 is 5.97 Å². The van der Waals surface area contributed by atoms with E-state index in [4.69, 9.17) is 16.3 Å². The van der Waals surface area contributed by atoms with Gasteiger partial charge in [0.15, 0.2) is 0 Å². The third kappa shape index (κ3) is 7.86. The maximum atomic E-state index is 14.4. The van der Waals surface area contributed by atoms with Crippen LogP contribution < -0.4 is 0 Å². The van der Waals surface area contributed by atoms with Gasteiger partial charge in [-0.2, -0.15) is 0 Å². The van der Waals surface area contributed by atoms with Crippen molar-refractivity contribution in [1.82, 2.24) is 4.98 Å². The number of carbonyl (C=O) groups is 1. The number of hydrogen-bond acceptors (Lipinski definition) is 4. The van der Waals surface area contributed by atoms with Gasteiger partial charge in [0, 0.05) is 18.2 Å². The zero-order valence-corrected chi connectivity index (χ0v) is 17.8. The van der Waals surface area contributed by atoms with Crippen molar-refractivity contribution in [2.24, 2.45) is 0 Å². The summed E-state index contributed by atoms with van der Waals surface area (Å²) in [6, 6.07) is 5.74. The van der Waals surface area contributed by atoms with Gasteiger partial charge in [-0.15, -0.1) is 0 Å². The lowest BCUT2D eigenvalue weighted by atomic mass is 10.1. The first kappa shape index (κ1) is 22.9. The lowest BCUT2D eigenvalue weighted by molar-refractivity contribution is -0.154. The van der Waals surface area contributed by atoms with Crippen molar-refractivity contribution >= 4 is 23.6 Å². The smallest absolute Gasteiger partial charge is 0.306 e. The molecule has 0 radical (unpaired) electrons. The van der Waals surface area contributed by atoms with Gasteiger partial charge in [-0.05, 0) is 69.9 Å². The zero-order chi connectivity index (χ0) is 21.4. The highest BCUT2D eigenvalue weighted by atomic mass is 35.5. The molecule has 0 aliphatic rings. The molecule has 0 unspecified atom stereocenters. The van der Waals surface area contributed by atoms with Crippen molar-refractivity contribution < 1.29 is 19.0 Å². The number of ether oxygens (including phenoxy) is 1. The van der Waals surface area contributed by atoms with E-state index in [9.17, 15) is 14.3 Å². The normalized spacial score (nSPS) is 11.8. The van der Waals surface area contributed by atoms with Crippen molar-refractivity contribution in [2.45, 2.75) is 58.5 Å². The molecule has 29 heavy (non-hydrogen) atoms. The Kier molecular flexibility index (Phi) is 8.21. The van der Waals surface area contributed by atoms with Crippen molar-refractivity contribution in [1.29, 1.82) is 0 Å². The van der Waals surface area contributed by atoms with Crippen LogP contribution in [-0.2, 0) is 9.53 Å². The average molecular weight is 420 g/mol. The fourth-order valence-electron chi connectivity index (χ4n) is 2.76. The predicted octanol–water partition coefficient (Wildman–Crippen LogP) is 6.55. The topological polar surface area (TPSA) is 59.4 Å². The number of phenols is 1. The Balaban J connectivity index is 1.80. The third-order valence-corrected chi connectivity index (χ3v) is 4.36. The summed E-state index contributed by atoms with van der Waals surface area (Å²) in [6.07, 6.45) is 9.30. The molecule has 0 fully saturated rings. The van der Waals surface area contributed by atoms with Crippen LogP contribution in [0.5, 0.6) is 5.75 Å².